The smallest absolute Gasteiger partial charge is 0.407 e. The fourth-order valence-corrected chi connectivity index (χ4v) is 2.12. The fraction of sp³-hybridized carbons (Fsp3) is 0.364. The van der Waals surface area contributed by atoms with Gasteiger partial charge >= 0.3 is 6.09 Å². The highest BCUT2D eigenvalue weighted by molar-refractivity contribution is 5.65. The maximum Gasteiger partial charge on any atom is 0.407 e. The number of hydrogen-bond acceptors (Lipinski definition) is 3. The Morgan fingerprint density at radius 1 is 1.59 bits per heavy atom. The molecule has 0 radical (unpaired) electrons. The van der Waals surface area contributed by atoms with Gasteiger partial charge in [0.1, 0.15) is 0 Å². The van der Waals surface area contributed by atoms with E-state index >= 15 is 0 Å². The minimum Gasteiger partial charge on any atom is -0.465 e. The predicted molar refractivity (Wildman–Crippen MR) is 58.5 cm³/mol. The second-order valence-corrected chi connectivity index (χ2v) is 4.02. The number of rotatable bonds is 1. The topological polar surface area (TPSA) is 97.2 Å². The van der Waals surface area contributed by atoms with Crippen LogP contribution in [0.15, 0.2) is 23.1 Å². The lowest BCUT2D eigenvalue weighted by molar-refractivity contribution is 0.154. The van der Waals surface area contributed by atoms with E-state index in [9.17, 15) is 9.59 Å². The van der Waals surface area contributed by atoms with Crippen LogP contribution >= 0.6 is 0 Å². The molecule has 0 aliphatic carbocycles. The van der Waals surface area contributed by atoms with E-state index in [4.69, 9.17) is 10.4 Å². The molecule has 0 saturated carbocycles. The van der Waals surface area contributed by atoms with Gasteiger partial charge in [0, 0.05) is 31.3 Å². The van der Waals surface area contributed by atoms with Crippen LogP contribution in [0.5, 0.6) is 0 Å². The fourth-order valence-electron chi connectivity index (χ4n) is 2.12. The van der Waals surface area contributed by atoms with Gasteiger partial charge in [-0.15, -0.1) is 0 Å². The van der Waals surface area contributed by atoms with Crippen molar-refractivity contribution in [3.63, 3.8) is 0 Å². The summed E-state index contributed by atoms with van der Waals surface area (Å²) >= 11 is 0. The van der Waals surface area contributed by atoms with Crippen molar-refractivity contribution in [2.45, 2.75) is 5.92 Å². The molecule has 6 nitrogen and oxygen atoms in total. The number of nitrogens with zero attached hydrogens (tertiary/aromatic N) is 2. The molecule has 1 aliphatic rings. The van der Waals surface area contributed by atoms with Crippen LogP contribution < -0.4 is 5.56 Å². The molecule has 88 valence electrons. The first kappa shape index (κ1) is 11.2. The van der Waals surface area contributed by atoms with Gasteiger partial charge in [-0.2, -0.15) is 5.26 Å². The van der Waals surface area contributed by atoms with Crippen LogP contribution in [-0.4, -0.2) is 34.2 Å². The summed E-state index contributed by atoms with van der Waals surface area (Å²) in [5.41, 5.74) is 0.469. The van der Waals surface area contributed by atoms with Crippen molar-refractivity contribution in [1.82, 2.24) is 9.88 Å². The first-order chi connectivity index (χ1) is 8.11. The first-order valence-electron chi connectivity index (χ1n) is 5.18. The lowest BCUT2D eigenvalue weighted by atomic mass is 9.91. The van der Waals surface area contributed by atoms with Crippen molar-refractivity contribution in [3.8, 4) is 6.07 Å². The standard InChI is InChI=1S/C11H11N3O3/c12-4-8-5-14(11(16)17)6-9(8)7-1-2-13-10(15)3-7/h1-3,8-9H,5-6H2,(H,13,15)(H,16,17). The van der Waals surface area contributed by atoms with E-state index in [1.165, 1.54) is 17.2 Å². The monoisotopic (exact) mass is 233 g/mol. The number of nitrogens with one attached hydrogen (secondary N) is 1. The number of hydrogen-bond donors (Lipinski definition) is 2. The van der Waals surface area contributed by atoms with Crippen molar-refractivity contribution in [2.24, 2.45) is 5.92 Å². The molecule has 0 aromatic carbocycles. The third-order valence-corrected chi connectivity index (χ3v) is 2.98. The third-order valence-electron chi connectivity index (χ3n) is 2.98. The summed E-state index contributed by atoms with van der Waals surface area (Å²) in [5.74, 6) is -0.619. The van der Waals surface area contributed by atoms with E-state index in [0.717, 1.165) is 0 Å². The van der Waals surface area contributed by atoms with Gasteiger partial charge in [-0.25, -0.2) is 4.79 Å². The Balaban J connectivity index is 2.29. The molecule has 1 aromatic rings. The van der Waals surface area contributed by atoms with Gasteiger partial charge in [0.2, 0.25) is 5.56 Å². The average molecular weight is 233 g/mol. The molecular formula is C11H11N3O3. The number of nitriles is 1. The van der Waals surface area contributed by atoms with Gasteiger partial charge < -0.3 is 15.0 Å². The van der Waals surface area contributed by atoms with E-state index in [2.05, 4.69) is 11.1 Å². The van der Waals surface area contributed by atoms with Crippen LogP contribution in [-0.2, 0) is 0 Å². The highest BCUT2D eigenvalue weighted by atomic mass is 16.4. The van der Waals surface area contributed by atoms with Crippen LogP contribution in [0.2, 0.25) is 0 Å². The number of carbonyl (C=O) groups is 1. The van der Waals surface area contributed by atoms with Crippen LogP contribution in [0.4, 0.5) is 4.79 Å². The molecule has 2 heterocycles. The molecule has 6 heteroatoms. The number of likely N-dealkylation sites (tertiary alicyclic amines) is 1. The molecule has 1 aromatic heterocycles. The van der Waals surface area contributed by atoms with E-state index < -0.39 is 12.0 Å². The van der Waals surface area contributed by atoms with E-state index in [1.54, 1.807) is 6.07 Å². The Labute approximate surface area is 97.1 Å². The average Bonchev–Trinajstić information content (AvgIpc) is 2.73. The van der Waals surface area contributed by atoms with E-state index in [0.29, 0.717) is 5.56 Å². The molecule has 1 fully saturated rings. The number of carboxylic acid groups (broad SMARTS) is 1. The predicted octanol–water partition coefficient (Wildman–Crippen LogP) is 0.592. The second-order valence-electron chi connectivity index (χ2n) is 4.02. The van der Waals surface area contributed by atoms with Gasteiger partial charge in [0.05, 0.1) is 12.0 Å². The van der Waals surface area contributed by atoms with Crippen molar-refractivity contribution >= 4 is 6.09 Å². The minimum absolute atomic E-state index is 0.198. The minimum atomic E-state index is -1.03. The molecule has 17 heavy (non-hydrogen) atoms. The molecule has 2 rings (SSSR count). The lowest BCUT2D eigenvalue weighted by Gasteiger charge is -2.12. The van der Waals surface area contributed by atoms with E-state index in [-0.39, 0.29) is 24.6 Å². The largest absolute Gasteiger partial charge is 0.465 e. The summed E-state index contributed by atoms with van der Waals surface area (Å²) in [4.78, 5) is 25.7. The summed E-state index contributed by atoms with van der Waals surface area (Å²) in [6, 6.07) is 5.23. The maximum absolute atomic E-state index is 11.2. The zero-order valence-electron chi connectivity index (χ0n) is 8.96. The van der Waals surface area contributed by atoms with Gasteiger partial charge in [-0.3, -0.25) is 4.79 Å². The van der Waals surface area contributed by atoms with E-state index in [1.807, 2.05) is 0 Å². The number of aromatic nitrogens is 1. The molecule has 2 N–H and O–H groups in total. The van der Waals surface area contributed by atoms with Crippen LogP contribution in [0.25, 0.3) is 0 Å². The summed E-state index contributed by atoms with van der Waals surface area (Å²) in [6.45, 7) is 0.459. The highest BCUT2D eigenvalue weighted by Gasteiger charge is 2.36. The molecule has 0 spiro atoms. The van der Waals surface area contributed by atoms with Crippen LogP contribution in [0.1, 0.15) is 11.5 Å². The molecule has 1 aliphatic heterocycles. The summed E-state index contributed by atoms with van der Waals surface area (Å²) in [5, 5.41) is 17.9. The van der Waals surface area contributed by atoms with Crippen molar-refractivity contribution in [2.75, 3.05) is 13.1 Å². The van der Waals surface area contributed by atoms with Crippen LogP contribution in [0.3, 0.4) is 0 Å². The molecule has 0 bridgehead atoms. The Morgan fingerprint density at radius 3 is 2.94 bits per heavy atom. The number of aromatic amines is 1. The SMILES string of the molecule is N#CC1CN(C(=O)O)CC1c1cc[nH]c(=O)c1. The number of pyridine rings is 1. The quantitative estimate of drug-likeness (QED) is 0.741. The van der Waals surface area contributed by atoms with Gasteiger partial charge in [-0.1, -0.05) is 0 Å². The zero-order chi connectivity index (χ0) is 12.4. The zero-order valence-corrected chi connectivity index (χ0v) is 8.96. The number of H-pyrrole nitrogens is 1. The highest BCUT2D eigenvalue weighted by Crippen LogP contribution is 2.31. The lowest BCUT2D eigenvalue weighted by Crippen LogP contribution is -2.26. The van der Waals surface area contributed by atoms with Crippen molar-refractivity contribution < 1.29 is 9.90 Å². The van der Waals surface area contributed by atoms with Crippen LogP contribution in [0, 0.1) is 17.2 Å². The summed E-state index contributed by atoms with van der Waals surface area (Å²) in [6.07, 6.45) is 0.479. The van der Waals surface area contributed by atoms with Gasteiger partial charge in [-0.05, 0) is 11.6 Å². The normalized spacial score (nSPS) is 23.4. The van der Waals surface area contributed by atoms with Crippen molar-refractivity contribution in [1.29, 1.82) is 5.26 Å². The Morgan fingerprint density at radius 2 is 2.35 bits per heavy atom. The second kappa shape index (κ2) is 4.29. The maximum atomic E-state index is 11.2. The molecular weight excluding hydrogens is 222 g/mol. The Kier molecular flexibility index (Phi) is 2.83. The first-order valence-corrected chi connectivity index (χ1v) is 5.18. The summed E-state index contributed by atoms with van der Waals surface area (Å²) < 4.78 is 0. The molecule has 1 amide bonds. The van der Waals surface area contributed by atoms with Gasteiger partial charge in [0.15, 0.2) is 0 Å². The van der Waals surface area contributed by atoms with Crippen molar-refractivity contribution in [3.05, 3.63) is 34.2 Å². The molecule has 1 saturated heterocycles. The third kappa shape index (κ3) is 2.13. The number of amides is 1. The Hall–Kier alpha value is -2.29. The molecule has 2 atom stereocenters. The summed E-state index contributed by atoms with van der Waals surface area (Å²) in [7, 11) is 0. The van der Waals surface area contributed by atoms with Gasteiger partial charge in [0.25, 0.3) is 0 Å². The Bertz CT molecular complexity index is 531. The molecule has 2 unspecified atom stereocenters.